The lowest BCUT2D eigenvalue weighted by Crippen LogP contribution is -2.52. The van der Waals surface area contributed by atoms with E-state index in [0.29, 0.717) is 12.2 Å². The van der Waals surface area contributed by atoms with Crippen LogP contribution in [0.5, 0.6) is 0 Å². The molecule has 3 nitrogen and oxygen atoms in total. The summed E-state index contributed by atoms with van der Waals surface area (Å²) in [6, 6.07) is 0. The fourth-order valence-electron chi connectivity index (χ4n) is 3.10. The number of ketones is 1. The lowest BCUT2D eigenvalue weighted by molar-refractivity contribution is -0.145. The first-order valence-electron chi connectivity index (χ1n) is 8.86. The summed E-state index contributed by atoms with van der Waals surface area (Å²) >= 11 is 0. The third kappa shape index (κ3) is 4.26. The van der Waals surface area contributed by atoms with Gasteiger partial charge in [-0.05, 0) is 37.5 Å². The molecule has 132 valence electrons. The van der Waals surface area contributed by atoms with Crippen LogP contribution in [0.3, 0.4) is 0 Å². The molecule has 0 aromatic heterocycles. The predicted molar refractivity (Wildman–Crippen MR) is 95.1 cm³/mol. The first kappa shape index (κ1) is 20.0. The van der Waals surface area contributed by atoms with E-state index in [1.807, 2.05) is 47.6 Å². The highest BCUT2D eigenvalue weighted by atomic mass is 16.5. The van der Waals surface area contributed by atoms with Crippen LogP contribution in [0.15, 0.2) is 23.0 Å². The predicted octanol–water partition coefficient (Wildman–Crippen LogP) is 4.80. The molecule has 23 heavy (non-hydrogen) atoms. The number of allylic oxidation sites excluding steroid dienone is 1. The minimum Gasteiger partial charge on any atom is -0.494 e. The van der Waals surface area contributed by atoms with Crippen LogP contribution in [0.1, 0.15) is 74.1 Å². The van der Waals surface area contributed by atoms with Crippen LogP contribution in [0.25, 0.3) is 0 Å². The van der Waals surface area contributed by atoms with Crippen LogP contribution in [0.4, 0.5) is 0 Å². The van der Waals surface area contributed by atoms with E-state index in [0.717, 1.165) is 17.8 Å². The minimum absolute atomic E-state index is 0.132. The van der Waals surface area contributed by atoms with Crippen molar-refractivity contribution in [3.05, 3.63) is 23.0 Å². The maximum atomic E-state index is 12.8. The molecule has 0 saturated heterocycles. The number of hydrogen-bond acceptors (Lipinski definition) is 3. The Morgan fingerprint density at radius 1 is 1.26 bits per heavy atom. The molecule has 1 aliphatic rings. The zero-order valence-electron chi connectivity index (χ0n) is 16.0. The molecule has 0 aromatic carbocycles. The van der Waals surface area contributed by atoms with E-state index in [2.05, 4.69) is 6.92 Å². The quantitative estimate of drug-likeness (QED) is 0.685. The van der Waals surface area contributed by atoms with Gasteiger partial charge in [-0.2, -0.15) is 0 Å². The van der Waals surface area contributed by atoms with E-state index in [1.165, 1.54) is 19.3 Å². The van der Waals surface area contributed by atoms with Gasteiger partial charge in [0.25, 0.3) is 0 Å². The third-order valence-electron chi connectivity index (χ3n) is 4.90. The summed E-state index contributed by atoms with van der Waals surface area (Å²) in [6.45, 7) is 14.1. The van der Waals surface area contributed by atoms with Gasteiger partial charge in [-0.25, -0.2) is 0 Å². The van der Waals surface area contributed by atoms with Crippen molar-refractivity contribution in [2.24, 2.45) is 11.3 Å². The average Bonchev–Trinajstić information content (AvgIpc) is 2.48. The number of Topliss-reactive ketones (excluding diaryl/α,β-unsaturated/α-hetero) is 1. The second kappa shape index (κ2) is 7.65. The number of carbonyl (C=O) groups excluding carboxylic acids is 1. The Bertz CT molecular complexity index is 494. The Labute approximate surface area is 141 Å². The molecule has 1 N–H and O–H groups in total. The average molecular weight is 322 g/mol. The molecular formula is C20H34O3. The minimum atomic E-state index is -1.43. The Morgan fingerprint density at radius 2 is 1.87 bits per heavy atom. The molecule has 0 radical (unpaired) electrons. The van der Waals surface area contributed by atoms with Gasteiger partial charge in [-0.15, -0.1) is 0 Å². The van der Waals surface area contributed by atoms with E-state index < -0.39 is 11.0 Å². The highest BCUT2D eigenvalue weighted by Gasteiger charge is 2.50. The fraction of sp³-hybridized carbons (Fsp3) is 0.750. The molecule has 0 aliphatic heterocycles. The monoisotopic (exact) mass is 322 g/mol. The summed E-state index contributed by atoms with van der Waals surface area (Å²) in [6.07, 6.45) is 6.50. The van der Waals surface area contributed by atoms with E-state index in [-0.39, 0.29) is 11.7 Å². The van der Waals surface area contributed by atoms with Gasteiger partial charge in [0.05, 0.1) is 6.61 Å². The number of hydrogen-bond donors (Lipinski definition) is 1. The number of carbonyl (C=O) groups is 1. The second-order valence-electron chi connectivity index (χ2n) is 7.85. The van der Waals surface area contributed by atoms with Crippen LogP contribution in [0.2, 0.25) is 0 Å². The van der Waals surface area contributed by atoms with Gasteiger partial charge in [-0.1, -0.05) is 53.9 Å². The topological polar surface area (TPSA) is 46.5 Å². The number of aliphatic hydroxyl groups is 1. The first-order chi connectivity index (χ1) is 10.6. The van der Waals surface area contributed by atoms with Gasteiger partial charge in [-0.3, -0.25) is 4.79 Å². The Kier molecular flexibility index (Phi) is 6.64. The molecule has 3 heteroatoms. The molecule has 0 spiro atoms. The molecule has 0 bridgehead atoms. The largest absolute Gasteiger partial charge is 0.494 e. The number of ether oxygens (including phenoxy) is 1. The van der Waals surface area contributed by atoms with Crippen molar-refractivity contribution in [2.75, 3.05) is 6.61 Å². The van der Waals surface area contributed by atoms with E-state index in [1.54, 1.807) is 0 Å². The van der Waals surface area contributed by atoms with Crippen LogP contribution >= 0.6 is 0 Å². The van der Waals surface area contributed by atoms with E-state index in [4.69, 9.17) is 4.74 Å². The van der Waals surface area contributed by atoms with Crippen molar-refractivity contribution >= 4 is 5.78 Å². The summed E-state index contributed by atoms with van der Waals surface area (Å²) < 4.78 is 5.92. The van der Waals surface area contributed by atoms with Crippen molar-refractivity contribution in [1.82, 2.24) is 0 Å². The van der Waals surface area contributed by atoms with Crippen molar-refractivity contribution < 1.29 is 14.6 Å². The lowest BCUT2D eigenvalue weighted by Gasteiger charge is -2.41. The van der Waals surface area contributed by atoms with Crippen LogP contribution in [0, 0.1) is 11.3 Å². The maximum absolute atomic E-state index is 12.8. The molecule has 0 heterocycles. The van der Waals surface area contributed by atoms with Crippen molar-refractivity contribution in [2.45, 2.75) is 79.8 Å². The van der Waals surface area contributed by atoms with Crippen LogP contribution in [-0.2, 0) is 9.53 Å². The van der Waals surface area contributed by atoms with Crippen LogP contribution in [-0.4, -0.2) is 23.1 Å². The normalized spacial score (nSPS) is 25.4. The number of rotatable bonds is 7. The molecule has 1 rings (SSSR count). The second-order valence-corrected chi connectivity index (χ2v) is 7.85. The molecule has 2 atom stereocenters. The van der Waals surface area contributed by atoms with Gasteiger partial charge in [0.1, 0.15) is 5.76 Å². The van der Waals surface area contributed by atoms with E-state index in [9.17, 15) is 9.90 Å². The molecule has 0 unspecified atom stereocenters. The van der Waals surface area contributed by atoms with Gasteiger partial charge < -0.3 is 9.84 Å². The first-order valence-corrected chi connectivity index (χ1v) is 8.86. The summed E-state index contributed by atoms with van der Waals surface area (Å²) in [5.74, 6) is 0.412. The molecule has 1 aliphatic carbocycles. The maximum Gasteiger partial charge on any atom is 0.174 e. The SMILES string of the molecule is CCCCCCOC1=C(C)[C@H](C)[C@@](O)(C(=O)C(C)(C)C)C(C)=C1. The lowest BCUT2D eigenvalue weighted by atomic mass is 9.66. The Morgan fingerprint density at radius 3 is 2.39 bits per heavy atom. The summed E-state index contributed by atoms with van der Waals surface area (Å²) in [7, 11) is 0. The third-order valence-corrected chi connectivity index (χ3v) is 4.90. The smallest absolute Gasteiger partial charge is 0.174 e. The van der Waals surface area contributed by atoms with Gasteiger partial charge in [0, 0.05) is 11.3 Å². The summed E-state index contributed by atoms with van der Waals surface area (Å²) in [5.41, 5.74) is -0.390. The van der Waals surface area contributed by atoms with Crippen LogP contribution < -0.4 is 0 Å². The molecule has 0 aromatic rings. The zero-order valence-corrected chi connectivity index (χ0v) is 16.0. The highest BCUT2D eigenvalue weighted by molar-refractivity contribution is 5.95. The van der Waals surface area contributed by atoms with Gasteiger partial charge in [0.2, 0.25) is 0 Å². The van der Waals surface area contributed by atoms with Gasteiger partial charge >= 0.3 is 0 Å². The van der Waals surface area contributed by atoms with Crippen molar-refractivity contribution in [3.63, 3.8) is 0 Å². The highest BCUT2D eigenvalue weighted by Crippen LogP contribution is 2.42. The van der Waals surface area contributed by atoms with Crippen molar-refractivity contribution in [3.8, 4) is 0 Å². The van der Waals surface area contributed by atoms with Crippen molar-refractivity contribution in [1.29, 1.82) is 0 Å². The summed E-state index contributed by atoms with van der Waals surface area (Å²) in [5, 5.41) is 11.1. The molecular weight excluding hydrogens is 288 g/mol. The summed E-state index contributed by atoms with van der Waals surface area (Å²) in [4.78, 5) is 12.8. The molecule has 0 fully saturated rings. The number of unbranched alkanes of at least 4 members (excludes halogenated alkanes) is 3. The van der Waals surface area contributed by atoms with Gasteiger partial charge in [0.15, 0.2) is 11.4 Å². The standard InChI is InChI=1S/C20H34O3/c1-8-9-10-11-12-23-17-13-14(2)20(22,16(4)15(17)3)18(21)19(5,6)7/h13,16,22H,8-12H2,1-7H3/t16-,20+/m0/s1. The van der Waals surface area contributed by atoms with E-state index >= 15 is 0 Å². The zero-order chi connectivity index (χ0) is 17.8. The molecule has 0 saturated carbocycles. The Hall–Kier alpha value is -1.09. The Balaban J connectivity index is 2.91. The fourth-order valence-corrected chi connectivity index (χ4v) is 3.10. The molecule has 0 amide bonds.